The van der Waals surface area contributed by atoms with E-state index in [2.05, 4.69) is 19.3 Å². The Morgan fingerprint density at radius 3 is 2.31 bits per heavy atom. The zero-order valence-corrected chi connectivity index (χ0v) is 9.16. The van der Waals surface area contributed by atoms with Crippen LogP contribution in [0.1, 0.15) is 51.9 Å². The van der Waals surface area contributed by atoms with E-state index in [0.29, 0.717) is 0 Å². The van der Waals surface area contributed by atoms with Gasteiger partial charge in [0.15, 0.2) is 0 Å². The van der Waals surface area contributed by atoms with Crippen LogP contribution in [0.3, 0.4) is 0 Å². The van der Waals surface area contributed by atoms with Crippen molar-refractivity contribution in [3.63, 3.8) is 0 Å². The molecule has 1 nitrogen and oxygen atoms in total. The fourth-order valence-corrected chi connectivity index (χ4v) is 3.81. The van der Waals surface area contributed by atoms with Crippen molar-refractivity contribution in [1.82, 2.24) is 5.32 Å². The third-order valence-electron chi connectivity index (χ3n) is 4.11. The van der Waals surface area contributed by atoms with E-state index in [9.17, 15) is 0 Å². The standard InChI is InChI=1S/C12H23N/c1-3-4-5-6-11-7-12(8-11,9-11)10-13-2/h13H,3-10H2,1-2H3. The number of hydrogen-bond donors (Lipinski definition) is 1. The highest BCUT2D eigenvalue weighted by Gasteiger charge is 2.65. The van der Waals surface area contributed by atoms with Gasteiger partial charge in [0.25, 0.3) is 0 Å². The van der Waals surface area contributed by atoms with Crippen molar-refractivity contribution in [3.8, 4) is 0 Å². The second-order valence-electron chi connectivity index (χ2n) is 5.52. The highest BCUT2D eigenvalue weighted by Crippen LogP contribution is 2.74. The molecule has 2 bridgehead atoms. The number of unbranched alkanes of at least 4 members (excludes halogenated alkanes) is 2. The third-order valence-corrected chi connectivity index (χ3v) is 4.11. The summed E-state index contributed by atoms with van der Waals surface area (Å²) in [5.74, 6) is 0. The van der Waals surface area contributed by atoms with Crippen molar-refractivity contribution in [2.24, 2.45) is 10.8 Å². The minimum atomic E-state index is 0.765. The molecule has 1 heteroatoms. The molecule has 0 radical (unpaired) electrons. The summed E-state index contributed by atoms with van der Waals surface area (Å²) in [7, 11) is 2.09. The summed E-state index contributed by atoms with van der Waals surface area (Å²) in [5, 5.41) is 3.33. The summed E-state index contributed by atoms with van der Waals surface area (Å²) in [6.07, 6.45) is 10.4. The molecule has 3 aliphatic rings. The van der Waals surface area contributed by atoms with Gasteiger partial charge in [0, 0.05) is 6.54 Å². The lowest BCUT2D eigenvalue weighted by molar-refractivity contribution is -0.204. The van der Waals surface area contributed by atoms with E-state index in [1.807, 2.05) is 0 Å². The van der Waals surface area contributed by atoms with Gasteiger partial charge in [-0.15, -0.1) is 0 Å². The Morgan fingerprint density at radius 1 is 1.08 bits per heavy atom. The van der Waals surface area contributed by atoms with E-state index in [-0.39, 0.29) is 0 Å². The maximum Gasteiger partial charge on any atom is 0.000542 e. The predicted octanol–water partition coefficient (Wildman–Crippen LogP) is 2.96. The first-order valence-electron chi connectivity index (χ1n) is 5.89. The van der Waals surface area contributed by atoms with Crippen LogP contribution in [0.25, 0.3) is 0 Å². The molecule has 3 aliphatic carbocycles. The molecule has 0 aliphatic heterocycles. The highest BCUT2D eigenvalue weighted by atomic mass is 14.9. The third kappa shape index (κ3) is 1.52. The van der Waals surface area contributed by atoms with Crippen molar-refractivity contribution in [3.05, 3.63) is 0 Å². The van der Waals surface area contributed by atoms with Crippen molar-refractivity contribution >= 4 is 0 Å². The first-order valence-corrected chi connectivity index (χ1v) is 5.89. The summed E-state index contributed by atoms with van der Waals surface area (Å²) in [6, 6.07) is 0. The van der Waals surface area contributed by atoms with Crippen LogP contribution in [-0.4, -0.2) is 13.6 Å². The first kappa shape index (κ1) is 9.51. The van der Waals surface area contributed by atoms with Crippen LogP contribution in [0.5, 0.6) is 0 Å². The molecule has 76 valence electrons. The van der Waals surface area contributed by atoms with Crippen LogP contribution in [-0.2, 0) is 0 Å². The van der Waals surface area contributed by atoms with Crippen LogP contribution < -0.4 is 5.32 Å². The summed E-state index contributed by atoms with van der Waals surface area (Å²) < 4.78 is 0. The number of rotatable bonds is 6. The lowest BCUT2D eigenvalue weighted by atomic mass is 9.34. The summed E-state index contributed by atoms with van der Waals surface area (Å²) in [6.45, 7) is 3.56. The fourth-order valence-electron chi connectivity index (χ4n) is 3.81. The molecular formula is C12H23N. The molecular weight excluding hydrogens is 158 g/mol. The first-order chi connectivity index (χ1) is 6.24. The summed E-state index contributed by atoms with van der Waals surface area (Å²) >= 11 is 0. The Bertz CT molecular complexity index is 160. The molecule has 0 unspecified atom stereocenters. The van der Waals surface area contributed by atoms with Gasteiger partial charge in [0.2, 0.25) is 0 Å². The molecule has 3 rings (SSSR count). The van der Waals surface area contributed by atoms with Gasteiger partial charge in [0.05, 0.1) is 0 Å². The Hall–Kier alpha value is -0.0400. The molecule has 0 aromatic rings. The smallest absolute Gasteiger partial charge is 0.000542 e. The zero-order chi connectivity index (χ0) is 9.36. The van der Waals surface area contributed by atoms with Gasteiger partial charge < -0.3 is 5.32 Å². The number of hydrogen-bond acceptors (Lipinski definition) is 1. The molecule has 0 heterocycles. The normalized spacial score (nSPS) is 41.1. The van der Waals surface area contributed by atoms with E-state index in [1.54, 1.807) is 0 Å². The molecule has 3 saturated carbocycles. The van der Waals surface area contributed by atoms with Gasteiger partial charge in [-0.05, 0) is 43.6 Å². The Kier molecular flexibility index (Phi) is 2.39. The van der Waals surface area contributed by atoms with Crippen LogP contribution in [0.2, 0.25) is 0 Å². The van der Waals surface area contributed by atoms with Gasteiger partial charge in [-0.1, -0.05) is 26.2 Å². The van der Waals surface area contributed by atoms with Gasteiger partial charge in [-0.3, -0.25) is 0 Å². The zero-order valence-electron chi connectivity index (χ0n) is 9.16. The molecule has 1 N–H and O–H groups in total. The van der Waals surface area contributed by atoms with Gasteiger partial charge >= 0.3 is 0 Å². The average molecular weight is 181 g/mol. The molecule has 0 saturated heterocycles. The Balaban J connectivity index is 1.65. The summed E-state index contributed by atoms with van der Waals surface area (Å²) in [4.78, 5) is 0. The molecule has 0 amide bonds. The minimum Gasteiger partial charge on any atom is -0.319 e. The van der Waals surface area contributed by atoms with Crippen LogP contribution in [0, 0.1) is 10.8 Å². The van der Waals surface area contributed by atoms with E-state index < -0.39 is 0 Å². The lowest BCUT2D eigenvalue weighted by Gasteiger charge is -2.71. The van der Waals surface area contributed by atoms with E-state index in [1.165, 1.54) is 51.5 Å². The largest absolute Gasteiger partial charge is 0.319 e. The number of nitrogens with one attached hydrogen (secondary N) is 1. The Labute approximate surface area is 82.3 Å². The second kappa shape index (κ2) is 3.27. The maximum atomic E-state index is 3.33. The van der Waals surface area contributed by atoms with Crippen molar-refractivity contribution < 1.29 is 0 Å². The quantitative estimate of drug-likeness (QED) is 0.621. The van der Waals surface area contributed by atoms with Gasteiger partial charge in [-0.25, -0.2) is 0 Å². The summed E-state index contributed by atoms with van der Waals surface area (Å²) in [5.41, 5.74) is 1.60. The molecule has 13 heavy (non-hydrogen) atoms. The monoisotopic (exact) mass is 181 g/mol. The molecule has 0 spiro atoms. The topological polar surface area (TPSA) is 12.0 Å². The minimum absolute atomic E-state index is 0.765. The van der Waals surface area contributed by atoms with Crippen LogP contribution in [0.4, 0.5) is 0 Å². The van der Waals surface area contributed by atoms with E-state index in [0.717, 1.165) is 10.8 Å². The fraction of sp³-hybridized carbons (Fsp3) is 1.00. The maximum absolute atomic E-state index is 3.33. The lowest BCUT2D eigenvalue weighted by Crippen LogP contribution is -2.64. The second-order valence-corrected chi connectivity index (χ2v) is 5.52. The molecule has 0 atom stereocenters. The molecule has 3 fully saturated rings. The highest BCUT2D eigenvalue weighted by molar-refractivity contribution is 5.17. The van der Waals surface area contributed by atoms with Crippen molar-refractivity contribution in [2.75, 3.05) is 13.6 Å². The van der Waals surface area contributed by atoms with Crippen LogP contribution >= 0.6 is 0 Å². The Morgan fingerprint density at radius 2 is 1.77 bits per heavy atom. The van der Waals surface area contributed by atoms with Gasteiger partial charge in [-0.2, -0.15) is 0 Å². The predicted molar refractivity (Wildman–Crippen MR) is 56.8 cm³/mol. The van der Waals surface area contributed by atoms with Crippen molar-refractivity contribution in [2.45, 2.75) is 51.9 Å². The van der Waals surface area contributed by atoms with E-state index in [4.69, 9.17) is 0 Å². The molecule has 0 aromatic heterocycles. The molecule has 0 aromatic carbocycles. The average Bonchev–Trinajstić information content (AvgIpc) is 1.98. The SMILES string of the molecule is CCCCCC12CC(CNC)(C1)C2. The van der Waals surface area contributed by atoms with Gasteiger partial charge in [0.1, 0.15) is 0 Å². The van der Waals surface area contributed by atoms with Crippen molar-refractivity contribution in [1.29, 1.82) is 0 Å². The van der Waals surface area contributed by atoms with E-state index >= 15 is 0 Å². The van der Waals surface area contributed by atoms with Crippen LogP contribution in [0.15, 0.2) is 0 Å².